The minimum absolute atomic E-state index is 0.260. The highest BCUT2D eigenvalue weighted by atomic mass is 16.5. The Bertz CT molecular complexity index is 1020. The van der Waals surface area contributed by atoms with Crippen molar-refractivity contribution in [3.63, 3.8) is 0 Å². The van der Waals surface area contributed by atoms with Crippen LogP contribution in [0.15, 0.2) is 54.7 Å². The Labute approximate surface area is 175 Å². The molecule has 0 radical (unpaired) electrons. The van der Waals surface area contributed by atoms with Crippen molar-refractivity contribution in [1.29, 1.82) is 0 Å². The Balaban J connectivity index is 1.59. The molecule has 8 nitrogen and oxygen atoms in total. The quantitative estimate of drug-likeness (QED) is 0.548. The molecule has 0 saturated heterocycles. The largest absolute Gasteiger partial charge is 0.496 e. The van der Waals surface area contributed by atoms with Crippen molar-refractivity contribution in [1.82, 2.24) is 20.3 Å². The van der Waals surface area contributed by atoms with Crippen molar-refractivity contribution in [3.8, 4) is 17.2 Å². The normalized spacial score (nSPS) is 10.8. The third kappa shape index (κ3) is 5.38. The molecule has 0 bridgehead atoms. The molecule has 3 rings (SSSR count). The minimum atomic E-state index is -0.260. The van der Waals surface area contributed by atoms with Crippen molar-refractivity contribution in [2.45, 2.75) is 13.1 Å². The molecule has 0 aliphatic carbocycles. The van der Waals surface area contributed by atoms with Crippen LogP contribution in [0, 0.1) is 0 Å². The van der Waals surface area contributed by atoms with E-state index in [1.807, 2.05) is 30.3 Å². The van der Waals surface area contributed by atoms with Crippen LogP contribution in [0.5, 0.6) is 17.2 Å². The number of nitrogens with zero attached hydrogens (tertiary/aromatic N) is 3. The molecule has 1 heterocycles. The third-order valence-corrected chi connectivity index (χ3v) is 4.39. The van der Waals surface area contributed by atoms with Crippen LogP contribution in [-0.4, -0.2) is 42.2 Å². The minimum Gasteiger partial charge on any atom is -0.496 e. The predicted molar refractivity (Wildman–Crippen MR) is 113 cm³/mol. The van der Waals surface area contributed by atoms with Crippen LogP contribution in [0.2, 0.25) is 0 Å². The summed E-state index contributed by atoms with van der Waals surface area (Å²) < 4.78 is 17.7. The van der Waals surface area contributed by atoms with Gasteiger partial charge in [-0.1, -0.05) is 35.5 Å². The van der Waals surface area contributed by atoms with Gasteiger partial charge in [-0.05, 0) is 17.7 Å². The summed E-state index contributed by atoms with van der Waals surface area (Å²) in [5, 5.41) is 11.0. The van der Waals surface area contributed by atoms with Crippen LogP contribution < -0.4 is 19.5 Å². The lowest BCUT2D eigenvalue weighted by atomic mass is 10.1. The SMILES string of the molecule is COc1cc(OC)c(OC)cc1CNC(=O)/C=C/c1cn(Cc2ccccc2)nn1. The lowest BCUT2D eigenvalue weighted by molar-refractivity contribution is -0.116. The van der Waals surface area contributed by atoms with Crippen LogP contribution in [0.3, 0.4) is 0 Å². The molecule has 156 valence electrons. The highest BCUT2D eigenvalue weighted by Gasteiger charge is 2.12. The fourth-order valence-electron chi connectivity index (χ4n) is 2.87. The molecular weight excluding hydrogens is 384 g/mol. The van der Waals surface area contributed by atoms with E-state index in [1.165, 1.54) is 6.08 Å². The highest BCUT2D eigenvalue weighted by Crippen LogP contribution is 2.34. The van der Waals surface area contributed by atoms with E-state index < -0.39 is 0 Å². The second-order valence-corrected chi connectivity index (χ2v) is 6.40. The van der Waals surface area contributed by atoms with Gasteiger partial charge in [-0.3, -0.25) is 4.79 Å². The number of methoxy groups -OCH3 is 3. The molecule has 0 aliphatic rings. The number of carbonyl (C=O) groups is 1. The van der Waals surface area contributed by atoms with E-state index in [1.54, 1.807) is 50.4 Å². The Morgan fingerprint density at radius 2 is 1.73 bits per heavy atom. The molecule has 0 aliphatic heterocycles. The molecule has 0 atom stereocenters. The number of hydrogen-bond acceptors (Lipinski definition) is 6. The number of ether oxygens (including phenoxy) is 3. The molecule has 1 N–H and O–H groups in total. The van der Waals surface area contributed by atoms with Gasteiger partial charge < -0.3 is 19.5 Å². The van der Waals surface area contributed by atoms with Gasteiger partial charge in [0, 0.05) is 24.3 Å². The zero-order chi connectivity index (χ0) is 21.3. The summed E-state index contributed by atoms with van der Waals surface area (Å²) >= 11 is 0. The molecular formula is C22H24N4O4. The highest BCUT2D eigenvalue weighted by molar-refractivity contribution is 5.91. The van der Waals surface area contributed by atoms with Crippen LogP contribution in [0.1, 0.15) is 16.8 Å². The summed E-state index contributed by atoms with van der Waals surface area (Å²) in [5.74, 6) is 1.46. The van der Waals surface area contributed by atoms with Gasteiger partial charge in [0.05, 0.1) is 34.1 Å². The summed E-state index contributed by atoms with van der Waals surface area (Å²) in [6.45, 7) is 0.889. The molecule has 8 heteroatoms. The lowest BCUT2D eigenvalue weighted by Gasteiger charge is -2.14. The smallest absolute Gasteiger partial charge is 0.244 e. The first kappa shape index (κ1) is 20.9. The maximum absolute atomic E-state index is 12.2. The van der Waals surface area contributed by atoms with Gasteiger partial charge >= 0.3 is 0 Å². The second kappa shape index (κ2) is 10.1. The number of rotatable bonds is 9. The summed E-state index contributed by atoms with van der Waals surface area (Å²) in [7, 11) is 4.67. The first-order valence-corrected chi connectivity index (χ1v) is 9.31. The second-order valence-electron chi connectivity index (χ2n) is 6.40. The van der Waals surface area contributed by atoms with Gasteiger partial charge in [0.1, 0.15) is 11.4 Å². The standard InChI is InChI=1S/C22H24N4O4/c1-28-19-12-21(30-3)20(29-2)11-17(19)13-23-22(27)10-9-18-15-26(25-24-18)14-16-7-5-4-6-8-16/h4-12,15H,13-14H2,1-3H3,(H,23,27)/b10-9+. The molecule has 0 unspecified atom stereocenters. The van der Waals surface area contributed by atoms with E-state index in [2.05, 4.69) is 15.6 Å². The molecule has 2 aromatic carbocycles. The van der Waals surface area contributed by atoms with Gasteiger partial charge in [-0.2, -0.15) is 0 Å². The van der Waals surface area contributed by atoms with Crippen molar-refractivity contribution in [2.24, 2.45) is 0 Å². The first-order chi connectivity index (χ1) is 14.6. The van der Waals surface area contributed by atoms with Crippen molar-refractivity contribution in [2.75, 3.05) is 21.3 Å². The Hall–Kier alpha value is -3.81. The fraction of sp³-hybridized carbons (Fsp3) is 0.227. The molecule has 1 aromatic heterocycles. The number of benzene rings is 2. The number of aromatic nitrogens is 3. The Morgan fingerprint density at radius 1 is 1.03 bits per heavy atom. The molecule has 3 aromatic rings. The average Bonchev–Trinajstić information content (AvgIpc) is 3.23. The van der Waals surface area contributed by atoms with Gasteiger partial charge in [-0.25, -0.2) is 4.68 Å². The summed E-state index contributed by atoms with van der Waals surface area (Å²) in [5.41, 5.74) is 2.50. The van der Waals surface area contributed by atoms with E-state index in [0.717, 1.165) is 11.1 Å². The maximum Gasteiger partial charge on any atom is 0.244 e. The van der Waals surface area contributed by atoms with Crippen LogP contribution in [-0.2, 0) is 17.9 Å². The topological polar surface area (TPSA) is 87.5 Å². The summed E-state index contributed by atoms with van der Waals surface area (Å²) in [4.78, 5) is 12.2. The monoisotopic (exact) mass is 408 g/mol. The van der Waals surface area contributed by atoms with E-state index in [0.29, 0.717) is 29.5 Å². The lowest BCUT2D eigenvalue weighted by Crippen LogP contribution is -2.20. The number of amides is 1. The number of hydrogen-bond donors (Lipinski definition) is 1. The average molecular weight is 408 g/mol. The van der Waals surface area contributed by atoms with Crippen molar-refractivity contribution < 1.29 is 19.0 Å². The summed E-state index contributed by atoms with van der Waals surface area (Å²) in [6, 6.07) is 13.5. The van der Waals surface area contributed by atoms with Crippen molar-refractivity contribution >= 4 is 12.0 Å². The van der Waals surface area contributed by atoms with Gasteiger partial charge in [0.15, 0.2) is 11.5 Å². The fourth-order valence-corrected chi connectivity index (χ4v) is 2.87. The van der Waals surface area contributed by atoms with E-state index in [4.69, 9.17) is 14.2 Å². The number of nitrogens with one attached hydrogen (secondary N) is 1. The van der Waals surface area contributed by atoms with Gasteiger partial charge in [0.2, 0.25) is 5.91 Å². The van der Waals surface area contributed by atoms with E-state index in [-0.39, 0.29) is 12.5 Å². The summed E-state index contributed by atoms with van der Waals surface area (Å²) in [6.07, 6.45) is 4.83. The molecule has 0 saturated carbocycles. The Kier molecular flexibility index (Phi) is 7.05. The van der Waals surface area contributed by atoms with Crippen molar-refractivity contribution in [3.05, 3.63) is 71.6 Å². The van der Waals surface area contributed by atoms with Crippen LogP contribution in [0.25, 0.3) is 6.08 Å². The van der Waals surface area contributed by atoms with Crippen LogP contribution in [0.4, 0.5) is 0 Å². The predicted octanol–water partition coefficient (Wildman–Crippen LogP) is 2.68. The third-order valence-electron chi connectivity index (χ3n) is 4.39. The number of carbonyl (C=O) groups excluding carboxylic acids is 1. The van der Waals surface area contributed by atoms with E-state index >= 15 is 0 Å². The first-order valence-electron chi connectivity index (χ1n) is 9.31. The van der Waals surface area contributed by atoms with Gasteiger partial charge in [-0.15, -0.1) is 5.10 Å². The van der Waals surface area contributed by atoms with Gasteiger partial charge in [0.25, 0.3) is 0 Å². The Morgan fingerprint density at radius 3 is 2.43 bits per heavy atom. The molecule has 0 spiro atoms. The molecule has 1 amide bonds. The molecule has 30 heavy (non-hydrogen) atoms. The zero-order valence-corrected chi connectivity index (χ0v) is 17.2. The van der Waals surface area contributed by atoms with Crippen LogP contribution >= 0.6 is 0 Å². The van der Waals surface area contributed by atoms with E-state index in [9.17, 15) is 4.79 Å². The zero-order valence-electron chi connectivity index (χ0n) is 17.2. The maximum atomic E-state index is 12.2. The molecule has 0 fully saturated rings.